The second-order valence-electron chi connectivity index (χ2n) is 5.05. The Hall–Kier alpha value is -2.09. The first-order valence-corrected chi connectivity index (χ1v) is 6.27. The summed E-state index contributed by atoms with van der Waals surface area (Å²) in [6.07, 6.45) is 10.7. The summed E-state index contributed by atoms with van der Waals surface area (Å²) in [5.41, 5.74) is 0.696. The van der Waals surface area contributed by atoms with Gasteiger partial charge in [-0.25, -0.2) is 4.79 Å². The first-order chi connectivity index (χ1) is 8.97. The number of esters is 1. The van der Waals surface area contributed by atoms with Gasteiger partial charge in [-0.1, -0.05) is 60.7 Å². The van der Waals surface area contributed by atoms with Crippen LogP contribution in [0.25, 0.3) is 6.08 Å². The molecule has 1 aromatic carbocycles. The molecule has 0 aromatic heterocycles. The standard InChI is InChI=1S/C17H20O2/c1-17(2,3)19-16(18)14-10-5-4-7-11-15-12-8-6-9-13-15/h4-14H,1-3H3/b5-4-,11-7+,14-10+. The quantitative estimate of drug-likeness (QED) is 0.459. The number of rotatable bonds is 4. The van der Waals surface area contributed by atoms with Crippen molar-refractivity contribution < 1.29 is 9.53 Å². The van der Waals surface area contributed by atoms with Gasteiger partial charge in [-0.15, -0.1) is 0 Å². The van der Waals surface area contributed by atoms with E-state index < -0.39 is 5.60 Å². The van der Waals surface area contributed by atoms with E-state index in [1.165, 1.54) is 6.08 Å². The van der Waals surface area contributed by atoms with Crippen molar-refractivity contribution in [3.63, 3.8) is 0 Å². The molecule has 100 valence electrons. The third-order valence-electron chi connectivity index (χ3n) is 2.06. The van der Waals surface area contributed by atoms with E-state index in [1.54, 1.807) is 12.2 Å². The minimum atomic E-state index is -0.446. The van der Waals surface area contributed by atoms with Gasteiger partial charge in [0.25, 0.3) is 0 Å². The predicted octanol–water partition coefficient (Wildman–Crippen LogP) is 4.15. The molecule has 0 saturated carbocycles. The highest BCUT2D eigenvalue weighted by molar-refractivity contribution is 5.82. The van der Waals surface area contributed by atoms with Crippen LogP contribution in [0.4, 0.5) is 0 Å². The van der Waals surface area contributed by atoms with Crippen LogP contribution < -0.4 is 0 Å². The molecule has 0 saturated heterocycles. The van der Waals surface area contributed by atoms with E-state index in [9.17, 15) is 4.79 Å². The Morgan fingerprint density at radius 2 is 1.63 bits per heavy atom. The fourth-order valence-corrected chi connectivity index (χ4v) is 1.33. The summed E-state index contributed by atoms with van der Waals surface area (Å²) in [5, 5.41) is 0. The first-order valence-electron chi connectivity index (χ1n) is 6.27. The maximum Gasteiger partial charge on any atom is 0.331 e. The molecule has 2 nitrogen and oxygen atoms in total. The zero-order valence-electron chi connectivity index (χ0n) is 11.7. The fraction of sp³-hybridized carbons (Fsp3) is 0.235. The largest absolute Gasteiger partial charge is 0.457 e. The second-order valence-corrected chi connectivity index (χ2v) is 5.05. The lowest BCUT2D eigenvalue weighted by molar-refractivity contribution is -0.148. The number of hydrogen-bond acceptors (Lipinski definition) is 2. The lowest BCUT2D eigenvalue weighted by atomic mass is 10.2. The van der Waals surface area contributed by atoms with Gasteiger partial charge in [0.05, 0.1) is 0 Å². The zero-order chi connectivity index (χ0) is 14.1. The summed E-state index contributed by atoms with van der Waals surface area (Å²) >= 11 is 0. The van der Waals surface area contributed by atoms with E-state index in [4.69, 9.17) is 4.74 Å². The van der Waals surface area contributed by atoms with Crippen molar-refractivity contribution in [3.8, 4) is 0 Å². The molecule has 0 fully saturated rings. The van der Waals surface area contributed by atoms with Gasteiger partial charge in [0, 0.05) is 6.08 Å². The van der Waals surface area contributed by atoms with Gasteiger partial charge in [-0.2, -0.15) is 0 Å². The number of hydrogen-bond donors (Lipinski definition) is 0. The summed E-state index contributed by atoms with van der Waals surface area (Å²) in [6.45, 7) is 5.53. The number of carbonyl (C=O) groups excluding carboxylic acids is 1. The normalized spacial score (nSPS) is 12.6. The van der Waals surface area contributed by atoms with Gasteiger partial charge in [0.1, 0.15) is 5.60 Å². The molecule has 1 rings (SSSR count). The Labute approximate surface area is 115 Å². The molecule has 0 amide bonds. The lowest BCUT2D eigenvalue weighted by Crippen LogP contribution is -2.22. The van der Waals surface area contributed by atoms with Crippen LogP contribution in [-0.2, 0) is 9.53 Å². The number of benzene rings is 1. The topological polar surface area (TPSA) is 26.3 Å². The number of allylic oxidation sites excluding steroid dienone is 4. The van der Waals surface area contributed by atoms with Crippen molar-refractivity contribution in [3.05, 3.63) is 66.3 Å². The average molecular weight is 256 g/mol. The molecule has 0 N–H and O–H groups in total. The van der Waals surface area contributed by atoms with Gasteiger partial charge in [-0.3, -0.25) is 0 Å². The summed E-state index contributed by atoms with van der Waals surface area (Å²) in [4.78, 5) is 11.4. The van der Waals surface area contributed by atoms with Crippen LogP contribution in [0, 0.1) is 0 Å². The molecular formula is C17H20O2. The van der Waals surface area contributed by atoms with Gasteiger partial charge >= 0.3 is 5.97 Å². The maximum atomic E-state index is 11.4. The summed E-state index contributed by atoms with van der Waals surface area (Å²) in [5.74, 6) is -0.329. The van der Waals surface area contributed by atoms with Crippen molar-refractivity contribution >= 4 is 12.0 Å². The molecule has 0 aliphatic carbocycles. The van der Waals surface area contributed by atoms with E-state index in [0.717, 1.165) is 5.56 Å². The maximum absolute atomic E-state index is 11.4. The van der Waals surface area contributed by atoms with Crippen LogP contribution >= 0.6 is 0 Å². The van der Waals surface area contributed by atoms with Crippen LogP contribution in [0.5, 0.6) is 0 Å². The monoisotopic (exact) mass is 256 g/mol. The molecule has 0 radical (unpaired) electrons. The lowest BCUT2D eigenvalue weighted by Gasteiger charge is -2.17. The van der Waals surface area contributed by atoms with Gasteiger partial charge in [-0.05, 0) is 26.3 Å². The molecule has 0 aliphatic rings. The van der Waals surface area contributed by atoms with Crippen molar-refractivity contribution in [2.45, 2.75) is 26.4 Å². The Morgan fingerprint density at radius 1 is 1.00 bits per heavy atom. The van der Waals surface area contributed by atoms with Crippen molar-refractivity contribution in [2.75, 3.05) is 0 Å². The third-order valence-corrected chi connectivity index (χ3v) is 2.06. The van der Waals surface area contributed by atoms with E-state index in [2.05, 4.69) is 0 Å². The summed E-state index contributed by atoms with van der Waals surface area (Å²) in [7, 11) is 0. The molecule has 0 spiro atoms. The molecule has 0 heterocycles. The molecule has 19 heavy (non-hydrogen) atoms. The Morgan fingerprint density at radius 3 is 2.26 bits per heavy atom. The predicted molar refractivity (Wildman–Crippen MR) is 79.6 cm³/mol. The highest BCUT2D eigenvalue weighted by Crippen LogP contribution is 2.07. The van der Waals surface area contributed by atoms with Gasteiger partial charge < -0.3 is 4.74 Å². The minimum absolute atomic E-state index is 0.329. The van der Waals surface area contributed by atoms with Crippen LogP contribution in [0.1, 0.15) is 26.3 Å². The van der Waals surface area contributed by atoms with E-state index in [1.807, 2.05) is 69.3 Å². The molecule has 0 unspecified atom stereocenters. The van der Waals surface area contributed by atoms with Crippen LogP contribution in [0.15, 0.2) is 60.7 Å². The van der Waals surface area contributed by atoms with Crippen LogP contribution in [0.2, 0.25) is 0 Å². The minimum Gasteiger partial charge on any atom is -0.457 e. The SMILES string of the molecule is CC(C)(C)OC(=O)/C=C/C=C\C=C\c1ccccc1. The van der Waals surface area contributed by atoms with Crippen molar-refractivity contribution in [1.82, 2.24) is 0 Å². The third kappa shape index (κ3) is 7.77. The Balaban J connectivity index is 2.38. The molecule has 2 heteroatoms. The number of ether oxygens (including phenoxy) is 1. The molecule has 1 aromatic rings. The number of carbonyl (C=O) groups is 1. The van der Waals surface area contributed by atoms with Crippen molar-refractivity contribution in [1.29, 1.82) is 0 Å². The fourth-order valence-electron chi connectivity index (χ4n) is 1.33. The second kappa shape index (κ2) is 7.37. The molecule has 0 aliphatic heterocycles. The highest BCUT2D eigenvalue weighted by Gasteiger charge is 2.13. The van der Waals surface area contributed by atoms with Crippen molar-refractivity contribution in [2.24, 2.45) is 0 Å². The molecule has 0 bridgehead atoms. The van der Waals surface area contributed by atoms with E-state index >= 15 is 0 Å². The van der Waals surface area contributed by atoms with Crippen LogP contribution in [0.3, 0.4) is 0 Å². The van der Waals surface area contributed by atoms with E-state index in [-0.39, 0.29) is 5.97 Å². The smallest absolute Gasteiger partial charge is 0.331 e. The molecule has 0 atom stereocenters. The van der Waals surface area contributed by atoms with Gasteiger partial charge in [0.2, 0.25) is 0 Å². The molecular weight excluding hydrogens is 236 g/mol. The van der Waals surface area contributed by atoms with Gasteiger partial charge in [0.15, 0.2) is 0 Å². The summed E-state index contributed by atoms with van der Waals surface area (Å²) in [6, 6.07) is 10.0. The van der Waals surface area contributed by atoms with E-state index in [0.29, 0.717) is 0 Å². The zero-order valence-corrected chi connectivity index (χ0v) is 11.7. The first kappa shape index (κ1) is 15.0. The highest BCUT2D eigenvalue weighted by atomic mass is 16.6. The average Bonchev–Trinajstić information content (AvgIpc) is 2.32. The van der Waals surface area contributed by atoms with Crippen LogP contribution in [-0.4, -0.2) is 11.6 Å². The Bertz CT molecular complexity index is 474. The Kier molecular flexibility index (Phi) is 5.80. The summed E-state index contributed by atoms with van der Waals surface area (Å²) < 4.78 is 5.14.